The van der Waals surface area contributed by atoms with Crippen LogP contribution in [0.15, 0.2) is 18.2 Å². The van der Waals surface area contributed by atoms with Crippen molar-refractivity contribution in [2.24, 2.45) is 5.92 Å². The monoisotopic (exact) mass is 261 g/mol. The number of aryl methyl sites for hydroxylation is 1. The Balaban J connectivity index is 2.21. The molecule has 0 bridgehead atoms. The molecule has 0 aliphatic heterocycles. The Morgan fingerprint density at radius 2 is 2.05 bits per heavy atom. The highest BCUT2D eigenvalue weighted by molar-refractivity contribution is 5.44. The van der Waals surface area contributed by atoms with Crippen molar-refractivity contribution in [1.82, 2.24) is 19.5 Å². The molecule has 1 atom stereocenters. The maximum absolute atomic E-state index is 4.53. The molecule has 2 rings (SSSR count). The van der Waals surface area contributed by atoms with Crippen LogP contribution in [0.3, 0.4) is 0 Å². The zero-order chi connectivity index (χ0) is 14.0. The minimum Gasteiger partial charge on any atom is -0.349 e. The molecule has 0 amide bonds. The topological polar surface area (TPSA) is 45.5 Å². The van der Waals surface area contributed by atoms with E-state index in [1.54, 1.807) is 0 Å². The third-order valence-electron chi connectivity index (χ3n) is 3.23. The molecular formula is C14H23N5. The zero-order valence-electron chi connectivity index (χ0n) is 12.4. The molecule has 0 saturated carbocycles. The van der Waals surface area contributed by atoms with Crippen LogP contribution in [-0.2, 0) is 0 Å². The highest BCUT2D eigenvalue weighted by Crippen LogP contribution is 2.12. The van der Waals surface area contributed by atoms with E-state index in [9.17, 15) is 0 Å². The van der Waals surface area contributed by atoms with Gasteiger partial charge in [0.1, 0.15) is 0 Å². The number of nitrogens with one attached hydrogen (secondary N) is 1. The standard InChI is InChI=1S/C14H23N5/c1-10(2)12(9-18(4)5)15-14-16-13-8-6-7-11(3)19(13)17-14/h6-8,10,12H,9H2,1-5H3,(H,15,17). The lowest BCUT2D eigenvalue weighted by Gasteiger charge is -2.24. The third kappa shape index (κ3) is 3.23. The molecule has 2 aromatic rings. The van der Waals surface area contributed by atoms with Crippen LogP contribution >= 0.6 is 0 Å². The first kappa shape index (κ1) is 13.8. The van der Waals surface area contributed by atoms with Crippen LogP contribution in [0, 0.1) is 12.8 Å². The average molecular weight is 261 g/mol. The summed E-state index contributed by atoms with van der Waals surface area (Å²) < 4.78 is 1.87. The highest BCUT2D eigenvalue weighted by Gasteiger charge is 2.16. The normalized spacial score (nSPS) is 13.4. The van der Waals surface area contributed by atoms with E-state index < -0.39 is 0 Å². The second-order valence-corrected chi connectivity index (χ2v) is 5.63. The molecule has 104 valence electrons. The van der Waals surface area contributed by atoms with Crippen LogP contribution in [0.2, 0.25) is 0 Å². The molecule has 0 aliphatic carbocycles. The summed E-state index contributed by atoms with van der Waals surface area (Å²) in [5, 5.41) is 7.96. The van der Waals surface area contributed by atoms with E-state index in [2.05, 4.69) is 48.2 Å². The number of pyridine rings is 1. The predicted molar refractivity (Wildman–Crippen MR) is 78.5 cm³/mol. The van der Waals surface area contributed by atoms with Crippen LogP contribution < -0.4 is 5.32 Å². The summed E-state index contributed by atoms with van der Waals surface area (Å²) in [5.74, 6) is 1.23. The Hall–Kier alpha value is -1.62. The lowest BCUT2D eigenvalue weighted by atomic mass is 10.0. The average Bonchev–Trinajstić information content (AvgIpc) is 2.71. The van der Waals surface area contributed by atoms with E-state index in [0.717, 1.165) is 17.9 Å². The van der Waals surface area contributed by atoms with Gasteiger partial charge in [0.25, 0.3) is 0 Å². The number of rotatable bonds is 5. The number of fused-ring (bicyclic) bond motifs is 1. The molecule has 19 heavy (non-hydrogen) atoms. The molecular weight excluding hydrogens is 238 g/mol. The number of hydrogen-bond donors (Lipinski definition) is 1. The minimum atomic E-state index is 0.340. The number of nitrogens with zero attached hydrogens (tertiary/aromatic N) is 4. The molecule has 0 aliphatic rings. The van der Waals surface area contributed by atoms with Crippen molar-refractivity contribution in [1.29, 1.82) is 0 Å². The molecule has 5 heteroatoms. The van der Waals surface area contributed by atoms with Gasteiger partial charge in [0, 0.05) is 18.3 Å². The van der Waals surface area contributed by atoms with Gasteiger partial charge in [-0.15, -0.1) is 5.10 Å². The summed E-state index contributed by atoms with van der Waals surface area (Å²) in [6.45, 7) is 7.42. The predicted octanol–water partition coefficient (Wildman–Crippen LogP) is 2.04. The first-order chi connectivity index (χ1) is 8.97. The summed E-state index contributed by atoms with van der Waals surface area (Å²) >= 11 is 0. The highest BCUT2D eigenvalue weighted by atomic mass is 15.4. The van der Waals surface area contributed by atoms with E-state index in [-0.39, 0.29) is 0 Å². The van der Waals surface area contributed by atoms with Crippen molar-refractivity contribution in [3.63, 3.8) is 0 Å². The van der Waals surface area contributed by atoms with Gasteiger partial charge in [-0.2, -0.15) is 4.98 Å². The summed E-state index contributed by atoms with van der Waals surface area (Å²) in [6, 6.07) is 6.35. The Labute approximate surface area is 114 Å². The first-order valence-corrected chi connectivity index (χ1v) is 6.71. The lowest BCUT2D eigenvalue weighted by Crippen LogP contribution is -2.36. The summed E-state index contributed by atoms with van der Waals surface area (Å²) in [7, 11) is 4.16. The van der Waals surface area contributed by atoms with Crippen LogP contribution in [0.4, 0.5) is 5.95 Å². The Bertz CT molecular complexity index is 544. The smallest absolute Gasteiger partial charge is 0.243 e. The quantitative estimate of drug-likeness (QED) is 0.894. The number of likely N-dealkylation sites (N-methyl/N-ethyl adjacent to an activating group) is 1. The van der Waals surface area contributed by atoms with E-state index in [4.69, 9.17) is 0 Å². The molecule has 0 saturated heterocycles. The van der Waals surface area contributed by atoms with Crippen LogP contribution in [0.1, 0.15) is 19.5 Å². The molecule has 0 aromatic carbocycles. The summed E-state index contributed by atoms with van der Waals surface area (Å²) in [4.78, 5) is 6.70. The van der Waals surface area contributed by atoms with Gasteiger partial charge >= 0.3 is 0 Å². The second kappa shape index (κ2) is 5.57. The second-order valence-electron chi connectivity index (χ2n) is 5.63. The number of hydrogen-bond acceptors (Lipinski definition) is 4. The first-order valence-electron chi connectivity index (χ1n) is 6.71. The van der Waals surface area contributed by atoms with E-state index in [1.165, 1.54) is 0 Å². The summed E-state index contributed by atoms with van der Waals surface area (Å²) in [5.41, 5.74) is 1.97. The fourth-order valence-electron chi connectivity index (χ4n) is 2.08. The minimum absolute atomic E-state index is 0.340. The Kier molecular flexibility index (Phi) is 4.04. The van der Waals surface area contributed by atoms with E-state index >= 15 is 0 Å². The van der Waals surface area contributed by atoms with Gasteiger partial charge in [0.2, 0.25) is 5.95 Å². The molecule has 2 heterocycles. The van der Waals surface area contributed by atoms with Crippen molar-refractivity contribution >= 4 is 11.6 Å². The third-order valence-corrected chi connectivity index (χ3v) is 3.23. The fraction of sp³-hybridized carbons (Fsp3) is 0.571. The molecule has 1 N–H and O–H groups in total. The number of anilines is 1. The van der Waals surface area contributed by atoms with E-state index in [1.807, 2.05) is 29.6 Å². The van der Waals surface area contributed by atoms with Gasteiger partial charge in [-0.1, -0.05) is 19.9 Å². The molecule has 5 nitrogen and oxygen atoms in total. The van der Waals surface area contributed by atoms with Crippen LogP contribution in [-0.4, -0.2) is 46.2 Å². The maximum atomic E-state index is 4.53. The van der Waals surface area contributed by atoms with Gasteiger partial charge < -0.3 is 10.2 Å². The lowest BCUT2D eigenvalue weighted by molar-refractivity contribution is 0.343. The molecule has 1 unspecified atom stereocenters. The largest absolute Gasteiger partial charge is 0.349 e. The zero-order valence-corrected chi connectivity index (χ0v) is 12.4. The van der Waals surface area contributed by atoms with E-state index in [0.29, 0.717) is 17.9 Å². The van der Waals surface area contributed by atoms with Gasteiger partial charge in [-0.25, -0.2) is 4.52 Å². The van der Waals surface area contributed by atoms with Crippen molar-refractivity contribution in [2.45, 2.75) is 26.8 Å². The summed E-state index contributed by atoms with van der Waals surface area (Å²) in [6.07, 6.45) is 0. The maximum Gasteiger partial charge on any atom is 0.243 e. The van der Waals surface area contributed by atoms with Crippen LogP contribution in [0.5, 0.6) is 0 Å². The van der Waals surface area contributed by atoms with Crippen molar-refractivity contribution in [3.8, 4) is 0 Å². The van der Waals surface area contributed by atoms with Crippen LogP contribution in [0.25, 0.3) is 5.65 Å². The fourth-order valence-corrected chi connectivity index (χ4v) is 2.08. The van der Waals surface area contributed by atoms with Gasteiger partial charge in [0.05, 0.1) is 0 Å². The SMILES string of the molecule is Cc1cccc2nc(NC(CN(C)C)C(C)C)nn12. The van der Waals surface area contributed by atoms with Crippen molar-refractivity contribution < 1.29 is 0 Å². The van der Waals surface area contributed by atoms with Crippen molar-refractivity contribution in [2.75, 3.05) is 26.0 Å². The Morgan fingerprint density at radius 3 is 2.63 bits per heavy atom. The van der Waals surface area contributed by atoms with Gasteiger partial charge in [0.15, 0.2) is 5.65 Å². The molecule has 0 spiro atoms. The van der Waals surface area contributed by atoms with Crippen molar-refractivity contribution in [3.05, 3.63) is 23.9 Å². The molecule has 0 fully saturated rings. The Morgan fingerprint density at radius 1 is 1.32 bits per heavy atom. The van der Waals surface area contributed by atoms with Gasteiger partial charge in [-0.05, 0) is 39.1 Å². The molecule has 0 radical (unpaired) electrons. The number of aromatic nitrogens is 3. The molecule has 2 aromatic heterocycles. The van der Waals surface area contributed by atoms with Gasteiger partial charge in [-0.3, -0.25) is 0 Å².